The Balaban J connectivity index is 2.57. The van der Waals surface area contributed by atoms with E-state index in [0.29, 0.717) is 6.42 Å². The Morgan fingerprint density at radius 1 is 1.50 bits per heavy atom. The van der Waals surface area contributed by atoms with Crippen molar-refractivity contribution >= 4 is 5.78 Å². The first kappa shape index (κ1) is 11.1. The van der Waals surface area contributed by atoms with Gasteiger partial charge in [-0.05, 0) is 37.2 Å². The summed E-state index contributed by atoms with van der Waals surface area (Å²) in [6.45, 7) is 6.23. The highest BCUT2D eigenvalue weighted by Gasteiger charge is 2.53. The highest BCUT2D eigenvalue weighted by Crippen LogP contribution is 2.53. The molecule has 0 radical (unpaired) electrons. The molecule has 0 aromatic carbocycles. The molecule has 0 aliphatic heterocycles. The molecule has 0 amide bonds. The predicted molar refractivity (Wildman–Crippen MR) is 62.5 cm³/mol. The van der Waals surface area contributed by atoms with Crippen LogP contribution in [0.1, 0.15) is 33.6 Å². The lowest BCUT2D eigenvalue weighted by molar-refractivity contribution is -0.126. The fourth-order valence-electron chi connectivity index (χ4n) is 3.08. The van der Waals surface area contributed by atoms with Crippen LogP contribution in [0.4, 0.5) is 0 Å². The van der Waals surface area contributed by atoms with Gasteiger partial charge in [-0.25, -0.2) is 0 Å². The van der Waals surface area contributed by atoms with Gasteiger partial charge in [0.1, 0.15) is 5.41 Å². The van der Waals surface area contributed by atoms with Gasteiger partial charge in [0.15, 0.2) is 5.78 Å². The number of hydrogen-bond donors (Lipinski definition) is 0. The Morgan fingerprint density at radius 2 is 2.19 bits per heavy atom. The van der Waals surface area contributed by atoms with Crippen LogP contribution in [0.5, 0.6) is 0 Å². The maximum atomic E-state index is 12.1. The van der Waals surface area contributed by atoms with E-state index in [9.17, 15) is 10.1 Å². The predicted octanol–water partition coefficient (Wildman–Crippen LogP) is 3.02. The number of carbonyl (C=O) groups is 1. The second-order valence-electron chi connectivity index (χ2n) is 5.62. The number of allylic oxidation sites excluding steroid dienone is 4. The summed E-state index contributed by atoms with van der Waals surface area (Å²) in [4.78, 5) is 12.1. The number of carbonyl (C=O) groups excluding carboxylic acids is 1. The van der Waals surface area contributed by atoms with Crippen LogP contribution in [-0.2, 0) is 4.79 Å². The Labute approximate surface area is 96.6 Å². The first-order chi connectivity index (χ1) is 7.42. The molecule has 16 heavy (non-hydrogen) atoms. The molecule has 0 aromatic heterocycles. The van der Waals surface area contributed by atoms with Crippen molar-refractivity contribution in [3.8, 4) is 6.07 Å². The SMILES string of the molecule is CC1=CC[C@@H]2C(C)(C)C=CC(=O)[C@]2(C#N)C1. The van der Waals surface area contributed by atoms with Crippen molar-refractivity contribution in [1.82, 2.24) is 0 Å². The topological polar surface area (TPSA) is 40.9 Å². The van der Waals surface area contributed by atoms with Crippen LogP contribution in [0.2, 0.25) is 0 Å². The quantitative estimate of drug-likeness (QED) is 0.583. The lowest BCUT2D eigenvalue weighted by Gasteiger charge is -2.46. The van der Waals surface area contributed by atoms with Crippen molar-refractivity contribution in [3.63, 3.8) is 0 Å². The molecule has 0 N–H and O–H groups in total. The highest BCUT2D eigenvalue weighted by molar-refractivity contribution is 5.98. The molecule has 2 heteroatoms. The minimum atomic E-state index is -0.808. The molecule has 2 atom stereocenters. The van der Waals surface area contributed by atoms with Crippen molar-refractivity contribution in [1.29, 1.82) is 5.26 Å². The van der Waals surface area contributed by atoms with Gasteiger partial charge in [-0.3, -0.25) is 4.79 Å². The van der Waals surface area contributed by atoms with Crippen molar-refractivity contribution in [2.75, 3.05) is 0 Å². The van der Waals surface area contributed by atoms with E-state index in [0.717, 1.165) is 12.0 Å². The zero-order valence-electron chi connectivity index (χ0n) is 10.1. The van der Waals surface area contributed by atoms with E-state index in [2.05, 4.69) is 26.0 Å². The van der Waals surface area contributed by atoms with Gasteiger partial charge in [-0.2, -0.15) is 5.26 Å². The van der Waals surface area contributed by atoms with E-state index in [1.165, 1.54) is 0 Å². The molecular formula is C14H17NO. The largest absolute Gasteiger partial charge is 0.293 e. The Hall–Kier alpha value is -1.36. The molecule has 2 aliphatic rings. The van der Waals surface area contributed by atoms with Gasteiger partial charge < -0.3 is 0 Å². The molecular weight excluding hydrogens is 198 g/mol. The van der Waals surface area contributed by atoms with Gasteiger partial charge in [0.05, 0.1) is 6.07 Å². The lowest BCUT2D eigenvalue weighted by atomic mass is 9.54. The Kier molecular flexibility index (Phi) is 2.31. The molecule has 2 nitrogen and oxygen atoms in total. The normalized spacial score (nSPS) is 36.2. The summed E-state index contributed by atoms with van der Waals surface area (Å²) < 4.78 is 0. The van der Waals surface area contributed by atoms with Crippen LogP contribution in [0, 0.1) is 28.1 Å². The zero-order chi connectivity index (χ0) is 12.0. The van der Waals surface area contributed by atoms with Crippen molar-refractivity contribution in [2.24, 2.45) is 16.7 Å². The molecule has 0 fully saturated rings. The van der Waals surface area contributed by atoms with E-state index in [-0.39, 0.29) is 17.1 Å². The zero-order valence-corrected chi connectivity index (χ0v) is 10.1. The average molecular weight is 215 g/mol. The highest BCUT2D eigenvalue weighted by atomic mass is 16.1. The van der Waals surface area contributed by atoms with E-state index in [1.54, 1.807) is 6.08 Å². The third-order valence-corrected chi connectivity index (χ3v) is 4.06. The fourth-order valence-corrected chi connectivity index (χ4v) is 3.08. The van der Waals surface area contributed by atoms with Crippen molar-refractivity contribution < 1.29 is 4.79 Å². The van der Waals surface area contributed by atoms with Gasteiger partial charge in [-0.1, -0.05) is 31.6 Å². The molecule has 0 saturated heterocycles. The molecule has 0 bridgehead atoms. The van der Waals surface area contributed by atoms with Crippen molar-refractivity contribution in [2.45, 2.75) is 33.6 Å². The average Bonchev–Trinajstić information content (AvgIpc) is 2.23. The number of rotatable bonds is 0. The van der Waals surface area contributed by atoms with Crippen LogP contribution < -0.4 is 0 Å². The van der Waals surface area contributed by atoms with Crippen molar-refractivity contribution in [3.05, 3.63) is 23.8 Å². The molecule has 2 aliphatic carbocycles. The standard InChI is InChI=1S/C14H17NO/c1-10-4-5-11-13(2,3)7-6-12(16)14(11,8-10)9-15/h4,6-7,11H,5,8H2,1-3H3/t11-,14+/m1/s1. The molecule has 0 heterocycles. The minimum absolute atomic E-state index is 0.00762. The third-order valence-electron chi connectivity index (χ3n) is 4.06. The summed E-state index contributed by atoms with van der Waals surface area (Å²) in [5.41, 5.74) is 0.287. The van der Waals surface area contributed by atoms with Crippen LogP contribution in [0.3, 0.4) is 0 Å². The van der Waals surface area contributed by atoms with Gasteiger partial charge in [0.2, 0.25) is 0 Å². The number of ketones is 1. The van der Waals surface area contributed by atoms with Crippen LogP contribution in [0.25, 0.3) is 0 Å². The summed E-state index contributed by atoms with van der Waals surface area (Å²) in [5, 5.41) is 9.47. The summed E-state index contributed by atoms with van der Waals surface area (Å²) >= 11 is 0. The molecule has 0 saturated carbocycles. The third kappa shape index (κ3) is 1.35. The summed E-state index contributed by atoms with van der Waals surface area (Å²) in [5.74, 6) is 0.109. The van der Waals surface area contributed by atoms with Crippen LogP contribution in [0.15, 0.2) is 23.8 Å². The second-order valence-corrected chi connectivity index (χ2v) is 5.62. The molecule has 2 rings (SSSR count). The number of fused-ring (bicyclic) bond motifs is 1. The Bertz CT molecular complexity index is 436. The summed E-state index contributed by atoms with van der Waals surface area (Å²) in [7, 11) is 0. The summed E-state index contributed by atoms with van der Waals surface area (Å²) in [6.07, 6.45) is 7.18. The maximum Gasteiger partial charge on any atom is 0.176 e. The minimum Gasteiger partial charge on any atom is -0.293 e. The second kappa shape index (κ2) is 3.31. The van der Waals surface area contributed by atoms with Gasteiger partial charge in [0.25, 0.3) is 0 Å². The first-order valence-electron chi connectivity index (χ1n) is 5.73. The Morgan fingerprint density at radius 3 is 2.81 bits per heavy atom. The smallest absolute Gasteiger partial charge is 0.176 e. The van der Waals surface area contributed by atoms with Crippen LogP contribution >= 0.6 is 0 Å². The molecule has 0 spiro atoms. The molecule has 0 aromatic rings. The van der Waals surface area contributed by atoms with Gasteiger partial charge >= 0.3 is 0 Å². The van der Waals surface area contributed by atoms with Gasteiger partial charge in [-0.15, -0.1) is 0 Å². The maximum absolute atomic E-state index is 12.1. The lowest BCUT2D eigenvalue weighted by Crippen LogP contribution is -2.47. The number of hydrogen-bond acceptors (Lipinski definition) is 2. The first-order valence-corrected chi connectivity index (χ1v) is 5.73. The monoisotopic (exact) mass is 215 g/mol. The number of nitriles is 1. The molecule has 0 unspecified atom stereocenters. The van der Waals surface area contributed by atoms with E-state index in [1.807, 2.05) is 13.0 Å². The van der Waals surface area contributed by atoms with Crippen LogP contribution in [-0.4, -0.2) is 5.78 Å². The summed E-state index contributed by atoms with van der Waals surface area (Å²) in [6, 6.07) is 2.31. The van der Waals surface area contributed by atoms with Gasteiger partial charge in [0, 0.05) is 0 Å². The number of nitrogens with zero attached hydrogens (tertiary/aromatic N) is 1. The molecule has 84 valence electrons. The van der Waals surface area contributed by atoms with E-state index >= 15 is 0 Å². The van der Waals surface area contributed by atoms with E-state index < -0.39 is 5.41 Å². The fraction of sp³-hybridized carbons (Fsp3) is 0.571. The van der Waals surface area contributed by atoms with E-state index in [4.69, 9.17) is 0 Å².